The number of nitrogens with zero attached hydrogens (tertiary/aromatic N) is 2. The van der Waals surface area contributed by atoms with Gasteiger partial charge in [0.2, 0.25) is 0 Å². The van der Waals surface area contributed by atoms with Gasteiger partial charge in [-0.1, -0.05) is 18.6 Å². The maximum Gasteiger partial charge on any atom is 0.165 e. The molecule has 1 aromatic carbocycles. The van der Waals surface area contributed by atoms with Crippen molar-refractivity contribution in [1.29, 1.82) is 0 Å². The largest absolute Gasteiger partial charge is 0.494 e. The second-order valence-electron chi connectivity index (χ2n) is 8.72. The number of benzene rings is 1. The van der Waals surface area contributed by atoms with Gasteiger partial charge in [-0.05, 0) is 94.8 Å². The molecule has 1 atom stereocenters. The molecule has 0 amide bonds. The number of ether oxygens (including phenoxy) is 1. The fraction of sp³-hybridized carbons (Fsp3) is 0.538. The molecule has 0 N–H and O–H groups in total. The molecule has 31 heavy (non-hydrogen) atoms. The maximum absolute atomic E-state index is 14.2. The first-order valence-corrected chi connectivity index (χ1v) is 11.5. The van der Waals surface area contributed by atoms with Crippen molar-refractivity contribution in [2.24, 2.45) is 0 Å². The lowest BCUT2D eigenvalue weighted by molar-refractivity contribution is -0.118. The Bertz CT molecular complexity index is 884. The first kappa shape index (κ1) is 23.4. The molecule has 0 radical (unpaired) electrons. The van der Waals surface area contributed by atoms with Crippen LogP contribution in [0.2, 0.25) is 0 Å². The number of ketones is 1. The highest BCUT2D eigenvalue weighted by atomic mass is 19.1. The van der Waals surface area contributed by atoms with Crippen LogP contribution in [-0.2, 0) is 24.1 Å². The number of carbonyl (C=O) groups excluding carboxylic acids is 1. The fourth-order valence-electron chi connectivity index (χ4n) is 4.46. The van der Waals surface area contributed by atoms with Crippen molar-refractivity contribution < 1.29 is 13.9 Å². The lowest BCUT2D eigenvalue weighted by Gasteiger charge is -2.28. The molecular weight excluding hydrogens is 391 g/mol. The van der Waals surface area contributed by atoms with Gasteiger partial charge < -0.3 is 4.74 Å². The van der Waals surface area contributed by atoms with Gasteiger partial charge in [0.25, 0.3) is 0 Å². The summed E-state index contributed by atoms with van der Waals surface area (Å²) in [7, 11) is 3.47. The molecule has 0 spiro atoms. The number of rotatable bonds is 11. The van der Waals surface area contributed by atoms with Gasteiger partial charge in [-0.3, -0.25) is 14.7 Å². The molecule has 3 rings (SSSR count). The third kappa shape index (κ3) is 6.60. The molecule has 5 heteroatoms. The lowest BCUT2D eigenvalue weighted by atomic mass is 9.95. The first-order valence-electron chi connectivity index (χ1n) is 11.5. The van der Waals surface area contributed by atoms with E-state index in [1.807, 2.05) is 13.1 Å². The van der Waals surface area contributed by atoms with Crippen LogP contribution in [0.4, 0.5) is 4.39 Å². The molecule has 0 unspecified atom stereocenters. The number of aromatic nitrogens is 1. The molecular formula is C26H35FN2O2. The summed E-state index contributed by atoms with van der Waals surface area (Å²) in [6, 6.07) is 9.32. The smallest absolute Gasteiger partial charge is 0.165 e. The second kappa shape index (κ2) is 11.4. The van der Waals surface area contributed by atoms with Crippen LogP contribution in [0.15, 0.2) is 30.3 Å². The van der Waals surface area contributed by atoms with Crippen molar-refractivity contribution in [3.05, 3.63) is 58.7 Å². The minimum absolute atomic E-state index is 0.103. The van der Waals surface area contributed by atoms with Gasteiger partial charge >= 0.3 is 0 Å². The molecule has 0 saturated heterocycles. The predicted molar refractivity (Wildman–Crippen MR) is 122 cm³/mol. The number of pyridine rings is 1. The van der Waals surface area contributed by atoms with Crippen LogP contribution >= 0.6 is 0 Å². The molecule has 1 heterocycles. The molecule has 2 aromatic rings. The fourth-order valence-corrected chi connectivity index (χ4v) is 4.46. The molecule has 0 bridgehead atoms. The third-order valence-electron chi connectivity index (χ3n) is 6.25. The number of hydrogen-bond donors (Lipinski definition) is 0. The zero-order chi connectivity index (χ0) is 22.2. The summed E-state index contributed by atoms with van der Waals surface area (Å²) in [5, 5.41) is 0. The minimum Gasteiger partial charge on any atom is -0.494 e. The van der Waals surface area contributed by atoms with Crippen molar-refractivity contribution in [3.63, 3.8) is 0 Å². The van der Waals surface area contributed by atoms with Crippen molar-refractivity contribution in [2.45, 2.75) is 70.8 Å². The normalized spacial score (nSPS) is 14.4. The number of unbranched alkanes of at least 4 members (excludes halogenated alkanes) is 2. The van der Waals surface area contributed by atoms with E-state index in [1.165, 1.54) is 49.4 Å². The van der Waals surface area contributed by atoms with Crippen LogP contribution in [0.5, 0.6) is 5.75 Å². The Morgan fingerprint density at radius 3 is 2.71 bits per heavy atom. The summed E-state index contributed by atoms with van der Waals surface area (Å²) in [5.74, 6) is -0.0603. The zero-order valence-electron chi connectivity index (χ0n) is 19.1. The molecule has 1 aromatic heterocycles. The Balaban J connectivity index is 1.49. The van der Waals surface area contributed by atoms with Crippen molar-refractivity contribution in [3.8, 4) is 5.75 Å². The number of aryl methyl sites for hydroxylation is 3. The maximum atomic E-state index is 14.2. The van der Waals surface area contributed by atoms with Crippen LogP contribution in [-0.4, -0.2) is 36.4 Å². The van der Waals surface area contributed by atoms with E-state index in [1.54, 1.807) is 13.0 Å². The van der Waals surface area contributed by atoms with Crippen molar-refractivity contribution >= 4 is 5.78 Å². The lowest BCUT2D eigenvalue weighted by Crippen LogP contribution is -2.27. The van der Waals surface area contributed by atoms with Crippen molar-refractivity contribution in [2.75, 3.05) is 20.7 Å². The number of halogens is 1. The molecule has 0 fully saturated rings. The van der Waals surface area contributed by atoms with Crippen LogP contribution < -0.4 is 4.74 Å². The van der Waals surface area contributed by atoms with Gasteiger partial charge in [-0.15, -0.1) is 0 Å². The monoisotopic (exact) mass is 426 g/mol. The molecule has 168 valence electrons. The third-order valence-corrected chi connectivity index (χ3v) is 6.25. The Morgan fingerprint density at radius 2 is 1.97 bits per heavy atom. The highest BCUT2D eigenvalue weighted by molar-refractivity contribution is 5.76. The quantitative estimate of drug-likeness (QED) is 0.447. The first-order chi connectivity index (χ1) is 15.0. The van der Waals surface area contributed by atoms with E-state index >= 15 is 0 Å². The average Bonchev–Trinajstić information content (AvgIpc) is 2.76. The molecule has 4 nitrogen and oxygen atoms in total. The van der Waals surface area contributed by atoms with E-state index in [0.29, 0.717) is 6.42 Å². The summed E-state index contributed by atoms with van der Waals surface area (Å²) in [4.78, 5) is 18.9. The molecule has 1 aliphatic carbocycles. The summed E-state index contributed by atoms with van der Waals surface area (Å²) < 4.78 is 19.2. The topological polar surface area (TPSA) is 42.4 Å². The molecule has 0 aliphatic heterocycles. The molecule has 1 aliphatic rings. The van der Waals surface area contributed by atoms with Gasteiger partial charge in [0.15, 0.2) is 11.6 Å². The average molecular weight is 427 g/mol. The SMILES string of the molecule is COc1ccc([C@H](CC(C)=O)N(C)CCCCCc2ccc3c(n2)CCCC3)cc1F. The summed E-state index contributed by atoms with van der Waals surface area (Å²) in [5.41, 5.74) is 4.76. The summed E-state index contributed by atoms with van der Waals surface area (Å²) >= 11 is 0. The number of Topliss-reactive ketones (excluding diaryl/α,β-unsaturated/α-hetero) is 1. The van der Waals surface area contributed by atoms with Crippen LogP contribution in [0.1, 0.15) is 74.0 Å². The minimum atomic E-state index is -0.389. The van der Waals surface area contributed by atoms with Crippen LogP contribution in [0.3, 0.4) is 0 Å². The summed E-state index contributed by atoms with van der Waals surface area (Å²) in [6.07, 6.45) is 9.48. The Morgan fingerprint density at radius 1 is 1.16 bits per heavy atom. The van der Waals surface area contributed by atoms with E-state index in [9.17, 15) is 9.18 Å². The van der Waals surface area contributed by atoms with E-state index in [2.05, 4.69) is 17.0 Å². The number of carbonyl (C=O) groups is 1. The standard InChI is InChI=1S/C26H35FN2O2/c1-19(30)17-25(21-13-15-26(31-3)23(27)18-21)29(2)16-8-4-5-10-22-14-12-20-9-6-7-11-24(20)28-22/h12-15,18,25H,4-11,16-17H2,1-3H3/t25-/m0/s1. The van der Waals surface area contributed by atoms with Crippen LogP contribution in [0.25, 0.3) is 0 Å². The Labute approximate surface area is 185 Å². The van der Waals surface area contributed by atoms with Gasteiger partial charge in [0.1, 0.15) is 5.78 Å². The van der Waals surface area contributed by atoms with E-state index in [-0.39, 0.29) is 23.4 Å². The summed E-state index contributed by atoms with van der Waals surface area (Å²) in [6.45, 7) is 2.45. The van der Waals surface area contributed by atoms with E-state index in [4.69, 9.17) is 9.72 Å². The molecule has 0 saturated carbocycles. The van der Waals surface area contributed by atoms with Gasteiger partial charge in [0.05, 0.1) is 7.11 Å². The highest BCUT2D eigenvalue weighted by Gasteiger charge is 2.20. The van der Waals surface area contributed by atoms with Gasteiger partial charge in [0, 0.05) is 23.9 Å². The van der Waals surface area contributed by atoms with E-state index < -0.39 is 0 Å². The Hall–Kier alpha value is -2.27. The van der Waals surface area contributed by atoms with Crippen LogP contribution in [0, 0.1) is 5.82 Å². The van der Waals surface area contributed by atoms with Gasteiger partial charge in [-0.25, -0.2) is 4.39 Å². The number of fused-ring (bicyclic) bond motifs is 1. The predicted octanol–water partition coefficient (Wildman–Crippen LogP) is 5.47. The number of methoxy groups -OCH3 is 1. The second-order valence-corrected chi connectivity index (χ2v) is 8.72. The van der Waals surface area contributed by atoms with Crippen molar-refractivity contribution in [1.82, 2.24) is 9.88 Å². The number of hydrogen-bond acceptors (Lipinski definition) is 4. The van der Waals surface area contributed by atoms with E-state index in [0.717, 1.165) is 44.2 Å². The van der Waals surface area contributed by atoms with Gasteiger partial charge in [-0.2, -0.15) is 0 Å². The Kier molecular flexibility index (Phi) is 8.59. The zero-order valence-corrected chi connectivity index (χ0v) is 19.1. The highest BCUT2D eigenvalue weighted by Crippen LogP contribution is 2.28.